The van der Waals surface area contributed by atoms with E-state index >= 15 is 0 Å². The van der Waals surface area contributed by atoms with Crippen LogP contribution in [0.4, 0.5) is 0 Å². The third-order valence-electron chi connectivity index (χ3n) is 15.1. The molecule has 0 fully saturated rings. The molecule has 2 heteroatoms. The van der Waals surface area contributed by atoms with Crippen LogP contribution in [0.5, 0.6) is 0 Å². The van der Waals surface area contributed by atoms with Gasteiger partial charge >= 0.3 is 0 Å². The van der Waals surface area contributed by atoms with Gasteiger partial charge in [-0.2, -0.15) is 0 Å². The minimum Gasteiger partial charge on any atom is -0.456 e. The molecule has 0 spiro atoms. The Kier molecular flexibility index (Phi) is 8.99. The maximum atomic E-state index is 6.52. The maximum absolute atomic E-state index is 6.52. The molecule has 15 rings (SSSR count). The van der Waals surface area contributed by atoms with Crippen LogP contribution in [0.2, 0.25) is 0 Å². The van der Waals surface area contributed by atoms with E-state index in [1.807, 2.05) is 12.1 Å². The molecule has 2 nitrogen and oxygen atoms in total. The predicted molar refractivity (Wildman–Crippen MR) is 304 cm³/mol. The molecule has 0 radical (unpaired) electrons. The molecule has 0 bridgehead atoms. The predicted octanol–water partition coefficient (Wildman–Crippen LogP) is 20.1. The molecule has 0 saturated heterocycles. The largest absolute Gasteiger partial charge is 0.456 e. The first-order chi connectivity index (χ1) is 35.7. The Hall–Kier alpha value is -9.50. The number of furan rings is 2. The normalized spacial score (nSPS) is 11.9. The number of para-hydroxylation sites is 2. The summed E-state index contributed by atoms with van der Waals surface area (Å²) < 4.78 is 13.0. The molecule has 15 aromatic rings. The van der Waals surface area contributed by atoms with Crippen LogP contribution < -0.4 is 0 Å². The Labute approximate surface area is 415 Å². The summed E-state index contributed by atoms with van der Waals surface area (Å²) in [7, 11) is 0. The van der Waals surface area contributed by atoms with E-state index in [9.17, 15) is 0 Å². The van der Waals surface area contributed by atoms with Crippen molar-refractivity contribution in [1.82, 2.24) is 0 Å². The van der Waals surface area contributed by atoms with E-state index in [4.69, 9.17) is 8.83 Å². The van der Waals surface area contributed by atoms with Gasteiger partial charge in [0, 0.05) is 21.5 Å². The zero-order valence-corrected chi connectivity index (χ0v) is 39.1. The minimum atomic E-state index is 0.887. The van der Waals surface area contributed by atoms with Gasteiger partial charge in [-0.05, 0) is 158 Å². The van der Waals surface area contributed by atoms with Gasteiger partial charge < -0.3 is 8.83 Å². The van der Waals surface area contributed by atoms with Crippen molar-refractivity contribution in [3.05, 3.63) is 255 Å². The lowest BCUT2D eigenvalue weighted by Crippen LogP contribution is -1.93. The Morgan fingerprint density at radius 2 is 0.431 bits per heavy atom. The topological polar surface area (TPSA) is 26.3 Å². The first-order valence-electron chi connectivity index (χ1n) is 24.7. The summed E-state index contributed by atoms with van der Waals surface area (Å²) in [6.45, 7) is 0. The molecule has 0 aliphatic rings. The highest BCUT2D eigenvalue weighted by atomic mass is 16.3. The summed E-state index contributed by atoms with van der Waals surface area (Å²) in [5.74, 6) is 0. The van der Waals surface area contributed by atoms with E-state index in [1.54, 1.807) is 0 Å². The maximum Gasteiger partial charge on any atom is 0.136 e. The minimum absolute atomic E-state index is 0.887. The number of hydrogen-bond acceptors (Lipinski definition) is 2. The summed E-state index contributed by atoms with van der Waals surface area (Å²) >= 11 is 0. The lowest BCUT2D eigenvalue weighted by Gasteiger charge is -2.20. The molecule has 2 aromatic heterocycles. The highest BCUT2D eigenvalue weighted by molar-refractivity contribution is 6.25. The van der Waals surface area contributed by atoms with Gasteiger partial charge in [0.2, 0.25) is 0 Å². The molecule has 0 amide bonds. The Bertz CT molecular complexity index is 4650. The third kappa shape index (κ3) is 6.29. The van der Waals surface area contributed by atoms with Crippen molar-refractivity contribution in [3.63, 3.8) is 0 Å². The fourth-order valence-corrected chi connectivity index (χ4v) is 11.8. The van der Waals surface area contributed by atoms with E-state index in [0.29, 0.717) is 0 Å². The molecule has 334 valence electrons. The van der Waals surface area contributed by atoms with Gasteiger partial charge in [0.15, 0.2) is 0 Å². The van der Waals surface area contributed by atoms with Gasteiger partial charge in [-0.3, -0.25) is 0 Å². The summed E-state index contributed by atoms with van der Waals surface area (Å²) in [5, 5.41) is 14.1. The molecular formula is C70H42O2. The van der Waals surface area contributed by atoms with Crippen LogP contribution in [0.15, 0.2) is 264 Å². The van der Waals surface area contributed by atoms with Gasteiger partial charge in [-0.25, -0.2) is 0 Å². The van der Waals surface area contributed by atoms with Crippen molar-refractivity contribution in [2.75, 3.05) is 0 Å². The zero-order chi connectivity index (χ0) is 47.3. The van der Waals surface area contributed by atoms with Crippen LogP contribution >= 0.6 is 0 Å². The van der Waals surface area contributed by atoms with Crippen LogP contribution in [-0.2, 0) is 0 Å². The molecule has 72 heavy (non-hydrogen) atoms. The van der Waals surface area contributed by atoms with Crippen molar-refractivity contribution in [3.8, 4) is 66.8 Å². The van der Waals surface area contributed by atoms with Crippen molar-refractivity contribution >= 4 is 87.0 Å². The van der Waals surface area contributed by atoms with E-state index in [2.05, 4.69) is 243 Å². The van der Waals surface area contributed by atoms with Crippen LogP contribution in [0.25, 0.3) is 154 Å². The van der Waals surface area contributed by atoms with Gasteiger partial charge in [0.05, 0.1) is 0 Å². The lowest BCUT2D eigenvalue weighted by atomic mass is 9.83. The van der Waals surface area contributed by atoms with Gasteiger partial charge in [-0.15, -0.1) is 0 Å². The molecule has 0 aliphatic heterocycles. The molecule has 0 N–H and O–H groups in total. The van der Waals surface area contributed by atoms with Gasteiger partial charge in [0.1, 0.15) is 22.3 Å². The van der Waals surface area contributed by atoms with Crippen LogP contribution in [0.1, 0.15) is 0 Å². The molecule has 0 saturated carbocycles. The fraction of sp³-hybridized carbons (Fsp3) is 0. The first-order valence-corrected chi connectivity index (χ1v) is 24.7. The average Bonchev–Trinajstić information content (AvgIpc) is 4.01. The van der Waals surface area contributed by atoms with Crippen molar-refractivity contribution < 1.29 is 8.83 Å². The summed E-state index contributed by atoms with van der Waals surface area (Å²) in [4.78, 5) is 0. The zero-order valence-electron chi connectivity index (χ0n) is 39.1. The molecule has 13 aromatic carbocycles. The lowest BCUT2D eigenvalue weighted by molar-refractivity contribution is 0.668. The summed E-state index contributed by atoms with van der Waals surface area (Å²) in [5.41, 5.74) is 17.7. The standard InChI is InChI=1S/C70H42O2/c1-3-15-43(16-4-1)44-27-29-46(30-28-44)68-56-22-8-10-24-58(56)70(50-34-36-54-52-20-12-14-26-64(52)72-66(54)42-50)60-38-32-48(40-62(60)68)47-31-37-59-61(39-47)67(45-17-5-2-6-18-45)55-21-7-9-23-57(55)69(59)49-33-35-53-51-19-11-13-25-63(51)71-65(53)41-49/h1-42H. The SMILES string of the molecule is c1ccc(-c2ccc(-c3c4ccccc4c(-c4ccc5c(c4)oc4ccccc45)c4ccc(-c5ccc6c(-c7ccc8c(c7)oc7ccccc78)c7ccccc7c(-c7ccccc7)c6c5)cc34)cc2)cc1. The Morgan fingerprint density at radius 1 is 0.153 bits per heavy atom. The smallest absolute Gasteiger partial charge is 0.136 e. The second-order valence-corrected chi connectivity index (χ2v) is 19.0. The number of benzene rings is 13. The third-order valence-corrected chi connectivity index (χ3v) is 15.1. The summed E-state index contributed by atoms with van der Waals surface area (Å²) in [6, 6.07) is 92.8. The average molecular weight is 915 g/mol. The van der Waals surface area contributed by atoms with E-state index < -0.39 is 0 Å². The van der Waals surface area contributed by atoms with Crippen LogP contribution in [0, 0.1) is 0 Å². The first kappa shape index (κ1) is 40.4. The van der Waals surface area contributed by atoms with Crippen molar-refractivity contribution in [2.45, 2.75) is 0 Å². The van der Waals surface area contributed by atoms with Crippen LogP contribution in [0.3, 0.4) is 0 Å². The second kappa shape index (κ2) is 16.0. The van der Waals surface area contributed by atoms with Crippen LogP contribution in [-0.4, -0.2) is 0 Å². The monoisotopic (exact) mass is 914 g/mol. The highest BCUT2D eigenvalue weighted by Crippen LogP contribution is 2.49. The number of rotatable bonds is 6. The highest BCUT2D eigenvalue weighted by Gasteiger charge is 2.22. The summed E-state index contributed by atoms with van der Waals surface area (Å²) in [6.07, 6.45) is 0. The van der Waals surface area contributed by atoms with Gasteiger partial charge in [-0.1, -0.05) is 206 Å². The molecule has 2 heterocycles. The molecule has 0 unspecified atom stereocenters. The van der Waals surface area contributed by atoms with Gasteiger partial charge in [0.25, 0.3) is 0 Å². The van der Waals surface area contributed by atoms with E-state index in [1.165, 1.54) is 87.6 Å². The number of hydrogen-bond donors (Lipinski definition) is 0. The van der Waals surface area contributed by atoms with E-state index in [0.717, 1.165) is 66.1 Å². The Morgan fingerprint density at radius 3 is 0.889 bits per heavy atom. The molecular weight excluding hydrogens is 873 g/mol. The Balaban J connectivity index is 0.989. The fourth-order valence-electron chi connectivity index (χ4n) is 11.8. The van der Waals surface area contributed by atoms with Crippen molar-refractivity contribution in [1.29, 1.82) is 0 Å². The van der Waals surface area contributed by atoms with Crippen molar-refractivity contribution in [2.24, 2.45) is 0 Å². The van der Waals surface area contributed by atoms with E-state index in [-0.39, 0.29) is 0 Å². The molecule has 0 aliphatic carbocycles. The molecule has 0 atom stereocenters. The number of fused-ring (bicyclic) bond motifs is 10. The second-order valence-electron chi connectivity index (χ2n) is 19.0. The quantitative estimate of drug-likeness (QED) is 0.155.